The Hall–Kier alpha value is -3.22. The van der Waals surface area contributed by atoms with Crippen molar-refractivity contribution in [3.63, 3.8) is 0 Å². The van der Waals surface area contributed by atoms with E-state index in [1.807, 2.05) is 30.3 Å². The van der Waals surface area contributed by atoms with Gasteiger partial charge >= 0.3 is 5.97 Å². The second kappa shape index (κ2) is 9.07. The molecule has 0 unspecified atom stereocenters. The van der Waals surface area contributed by atoms with Gasteiger partial charge < -0.3 is 24.3 Å². The van der Waals surface area contributed by atoms with Crippen LogP contribution in [0.1, 0.15) is 38.8 Å². The highest BCUT2D eigenvalue weighted by atomic mass is 16.7. The van der Waals surface area contributed by atoms with Gasteiger partial charge in [0.15, 0.2) is 24.2 Å². The maximum Gasteiger partial charge on any atom is 0.347 e. The molecule has 7 nitrogen and oxygen atoms in total. The second-order valence-corrected chi connectivity index (χ2v) is 8.11. The molecule has 0 saturated carbocycles. The summed E-state index contributed by atoms with van der Waals surface area (Å²) in [6, 6.07) is 13.0. The van der Waals surface area contributed by atoms with E-state index in [2.05, 4.69) is 26.1 Å². The molecule has 1 amide bonds. The number of hydrogen-bond donors (Lipinski definition) is 1. The zero-order valence-electron chi connectivity index (χ0n) is 17.7. The normalized spacial score (nSPS) is 13.5. The van der Waals surface area contributed by atoms with Gasteiger partial charge in [0.1, 0.15) is 5.75 Å². The van der Waals surface area contributed by atoms with Crippen molar-refractivity contribution >= 4 is 11.9 Å². The van der Waals surface area contributed by atoms with Crippen molar-refractivity contribution in [3.05, 3.63) is 53.6 Å². The van der Waals surface area contributed by atoms with Gasteiger partial charge in [-0.15, -0.1) is 0 Å². The number of fused-ring (bicyclic) bond motifs is 1. The maximum absolute atomic E-state index is 12.1. The fourth-order valence-corrected chi connectivity index (χ4v) is 2.84. The van der Waals surface area contributed by atoms with Gasteiger partial charge in [0.25, 0.3) is 5.91 Å². The van der Waals surface area contributed by atoms with E-state index in [4.69, 9.17) is 18.9 Å². The van der Waals surface area contributed by atoms with E-state index in [1.54, 1.807) is 19.1 Å². The first-order valence-corrected chi connectivity index (χ1v) is 9.81. The van der Waals surface area contributed by atoms with E-state index in [0.717, 1.165) is 5.56 Å². The SMILES string of the molecule is C[C@@H](Oc1ccc(C(C)(C)C)cc1)C(=O)OCC(=O)NCc1ccc2c(c1)OCO2. The van der Waals surface area contributed by atoms with Crippen LogP contribution in [-0.2, 0) is 26.3 Å². The first kappa shape index (κ1) is 21.5. The molecule has 1 heterocycles. The van der Waals surface area contributed by atoms with Crippen molar-refractivity contribution in [3.8, 4) is 17.2 Å². The van der Waals surface area contributed by atoms with Crippen molar-refractivity contribution in [2.45, 2.75) is 45.8 Å². The number of benzene rings is 2. The number of nitrogens with one attached hydrogen (secondary N) is 1. The summed E-state index contributed by atoms with van der Waals surface area (Å²) in [6.45, 7) is 8.08. The van der Waals surface area contributed by atoms with Crippen LogP contribution in [0.3, 0.4) is 0 Å². The molecule has 0 aliphatic carbocycles. The molecule has 0 saturated heterocycles. The first-order valence-electron chi connectivity index (χ1n) is 9.81. The molecular formula is C23H27NO6. The molecule has 2 aromatic rings. The van der Waals surface area contributed by atoms with E-state index < -0.39 is 18.0 Å². The van der Waals surface area contributed by atoms with Crippen molar-refractivity contribution in [2.75, 3.05) is 13.4 Å². The predicted octanol–water partition coefficient (Wildman–Crippen LogP) is 3.34. The van der Waals surface area contributed by atoms with Crippen molar-refractivity contribution in [1.82, 2.24) is 5.32 Å². The Bertz CT molecular complexity index is 901. The summed E-state index contributed by atoms with van der Waals surface area (Å²) in [5.74, 6) is 0.895. The van der Waals surface area contributed by atoms with Gasteiger partial charge in [-0.25, -0.2) is 4.79 Å². The Balaban J connectivity index is 1.41. The lowest BCUT2D eigenvalue weighted by atomic mass is 9.87. The zero-order valence-corrected chi connectivity index (χ0v) is 17.7. The standard InChI is InChI=1S/C23H27NO6/c1-15(30-18-8-6-17(7-9-18)23(2,3)4)22(26)27-13-21(25)24-12-16-5-10-19-20(11-16)29-14-28-19/h5-11,15H,12-14H2,1-4H3,(H,24,25)/t15-/m1/s1. The van der Waals surface area contributed by atoms with Crippen LogP contribution in [-0.4, -0.2) is 31.4 Å². The maximum atomic E-state index is 12.1. The fourth-order valence-electron chi connectivity index (χ4n) is 2.84. The van der Waals surface area contributed by atoms with Gasteiger partial charge in [-0.05, 0) is 47.7 Å². The molecule has 0 radical (unpaired) electrons. The summed E-state index contributed by atoms with van der Waals surface area (Å²) in [5, 5.41) is 2.70. The molecule has 2 aromatic carbocycles. The first-order chi connectivity index (χ1) is 14.2. The van der Waals surface area contributed by atoms with E-state index in [9.17, 15) is 9.59 Å². The van der Waals surface area contributed by atoms with Gasteiger partial charge in [-0.3, -0.25) is 4.79 Å². The molecule has 0 spiro atoms. The lowest BCUT2D eigenvalue weighted by Gasteiger charge is -2.20. The van der Waals surface area contributed by atoms with E-state index in [0.29, 0.717) is 23.8 Å². The summed E-state index contributed by atoms with van der Waals surface area (Å²) in [7, 11) is 0. The zero-order chi connectivity index (χ0) is 21.7. The monoisotopic (exact) mass is 413 g/mol. The molecule has 0 aromatic heterocycles. The van der Waals surface area contributed by atoms with Crippen LogP contribution in [0.25, 0.3) is 0 Å². The van der Waals surface area contributed by atoms with Gasteiger partial charge in [-0.1, -0.05) is 39.0 Å². The summed E-state index contributed by atoms with van der Waals surface area (Å²) in [4.78, 5) is 24.1. The average Bonchev–Trinajstić information content (AvgIpc) is 3.18. The molecular weight excluding hydrogens is 386 g/mol. The number of carbonyl (C=O) groups is 2. The third-order valence-electron chi connectivity index (χ3n) is 4.64. The molecule has 160 valence electrons. The molecule has 1 N–H and O–H groups in total. The minimum absolute atomic E-state index is 0.0387. The molecule has 0 fully saturated rings. The molecule has 1 aliphatic heterocycles. The molecule has 1 aliphatic rings. The Morgan fingerprint density at radius 3 is 2.47 bits per heavy atom. The lowest BCUT2D eigenvalue weighted by molar-refractivity contribution is -0.154. The van der Waals surface area contributed by atoms with Gasteiger partial charge in [0.05, 0.1) is 0 Å². The summed E-state index contributed by atoms with van der Waals surface area (Å²) < 4.78 is 21.2. The van der Waals surface area contributed by atoms with Crippen LogP contribution in [0.5, 0.6) is 17.2 Å². The molecule has 7 heteroatoms. The van der Waals surface area contributed by atoms with Crippen molar-refractivity contribution in [2.24, 2.45) is 0 Å². The Kier molecular flexibility index (Phi) is 6.50. The van der Waals surface area contributed by atoms with E-state index in [-0.39, 0.29) is 18.8 Å². The van der Waals surface area contributed by atoms with Gasteiger partial charge in [0, 0.05) is 6.54 Å². The number of carbonyl (C=O) groups excluding carboxylic acids is 2. The minimum atomic E-state index is -0.827. The summed E-state index contributed by atoms with van der Waals surface area (Å²) >= 11 is 0. The third-order valence-corrected chi connectivity index (χ3v) is 4.64. The van der Waals surface area contributed by atoms with Crippen LogP contribution in [0.15, 0.2) is 42.5 Å². The quantitative estimate of drug-likeness (QED) is 0.701. The van der Waals surface area contributed by atoms with Crippen molar-refractivity contribution in [1.29, 1.82) is 0 Å². The Labute approximate surface area is 176 Å². The van der Waals surface area contributed by atoms with E-state index >= 15 is 0 Å². The number of amides is 1. The molecule has 1 atom stereocenters. The molecule has 30 heavy (non-hydrogen) atoms. The highest BCUT2D eigenvalue weighted by Gasteiger charge is 2.19. The number of ether oxygens (including phenoxy) is 4. The largest absolute Gasteiger partial charge is 0.479 e. The predicted molar refractivity (Wildman–Crippen MR) is 111 cm³/mol. The number of hydrogen-bond acceptors (Lipinski definition) is 6. The lowest BCUT2D eigenvalue weighted by Crippen LogP contribution is -2.32. The van der Waals surface area contributed by atoms with Crippen LogP contribution >= 0.6 is 0 Å². The van der Waals surface area contributed by atoms with Crippen LogP contribution in [0, 0.1) is 0 Å². The number of esters is 1. The average molecular weight is 413 g/mol. The Morgan fingerprint density at radius 2 is 1.77 bits per heavy atom. The van der Waals surface area contributed by atoms with Crippen molar-refractivity contribution < 1.29 is 28.5 Å². The minimum Gasteiger partial charge on any atom is -0.479 e. The van der Waals surface area contributed by atoms with Crippen LogP contribution < -0.4 is 19.5 Å². The number of rotatable bonds is 7. The third kappa shape index (κ3) is 5.65. The summed E-state index contributed by atoms with van der Waals surface area (Å²) in [6.07, 6.45) is -0.827. The topological polar surface area (TPSA) is 83.1 Å². The summed E-state index contributed by atoms with van der Waals surface area (Å²) in [5.41, 5.74) is 2.07. The Morgan fingerprint density at radius 1 is 1.07 bits per heavy atom. The fraction of sp³-hybridized carbons (Fsp3) is 0.391. The van der Waals surface area contributed by atoms with Crippen LogP contribution in [0.4, 0.5) is 0 Å². The molecule has 3 rings (SSSR count). The highest BCUT2D eigenvalue weighted by Crippen LogP contribution is 2.32. The van der Waals surface area contributed by atoms with E-state index in [1.165, 1.54) is 5.56 Å². The molecule has 0 bridgehead atoms. The van der Waals surface area contributed by atoms with Gasteiger partial charge in [-0.2, -0.15) is 0 Å². The second-order valence-electron chi connectivity index (χ2n) is 8.11. The van der Waals surface area contributed by atoms with Crippen LogP contribution in [0.2, 0.25) is 0 Å². The van der Waals surface area contributed by atoms with Gasteiger partial charge in [0.2, 0.25) is 6.79 Å². The highest BCUT2D eigenvalue weighted by molar-refractivity contribution is 5.82. The smallest absolute Gasteiger partial charge is 0.347 e.